The molecule has 3 N–H and O–H groups in total. The van der Waals surface area contributed by atoms with Gasteiger partial charge in [-0.2, -0.15) is 0 Å². The fourth-order valence-electron chi connectivity index (χ4n) is 1.72. The van der Waals surface area contributed by atoms with Gasteiger partial charge in [0, 0.05) is 17.1 Å². The van der Waals surface area contributed by atoms with Crippen LogP contribution >= 0.6 is 11.6 Å². The zero-order chi connectivity index (χ0) is 12.6. The zero-order valence-electron chi connectivity index (χ0n) is 8.86. The number of nitrogens with two attached hydrogens (primary N) is 1. The standard InChI is InChI=1S/C10H12ClFN2O2S/c11-6-1-2-9(12)10(3-6)17(15,16)14-8-4-7(13)5-8/h1-3,7-8,14H,4-5,13H2. The smallest absolute Gasteiger partial charge is 0.243 e. The Bertz CT molecular complexity index is 529. The van der Waals surface area contributed by atoms with Gasteiger partial charge in [-0.05, 0) is 31.0 Å². The first-order valence-corrected chi connectivity index (χ1v) is 6.97. The summed E-state index contributed by atoms with van der Waals surface area (Å²) in [5, 5.41) is 0.178. The molecule has 0 atom stereocenters. The van der Waals surface area contributed by atoms with Crippen molar-refractivity contribution in [3.05, 3.63) is 29.0 Å². The molecule has 1 aromatic rings. The molecule has 0 spiro atoms. The molecule has 4 nitrogen and oxygen atoms in total. The van der Waals surface area contributed by atoms with Gasteiger partial charge in [-0.1, -0.05) is 11.6 Å². The van der Waals surface area contributed by atoms with Crippen molar-refractivity contribution in [2.45, 2.75) is 29.8 Å². The number of nitrogens with one attached hydrogen (secondary N) is 1. The van der Waals surface area contributed by atoms with E-state index in [1.165, 1.54) is 6.07 Å². The van der Waals surface area contributed by atoms with Crippen LogP contribution in [0.5, 0.6) is 0 Å². The third-order valence-corrected chi connectivity index (χ3v) is 4.45. The van der Waals surface area contributed by atoms with E-state index in [0.717, 1.165) is 12.1 Å². The van der Waals surface area contributed by atoms with Gasteiger partial charge in [-0.15, -0.1) is 0 Å². The lowest BCUT2D eigenvalue weighted by Gasteiger charge is -2.32. The van der Waals surface area contributed by atoms with Crippen LogP contribution in [0.4, 0.5) is 4.39 Å². The second kappa shape index (κ2) is 4.53. The Morgan fingerprint density at radius 1 is 1.41 bits per heavy atom. The van der Waals surface area contributed by atoms with Gasteiger partial charge in [0.2, 0.25) is 10.0 Å². The van der Waals surface area contributed by atoms with Crippen LogP contribution in [-0.2, 0) is 10.0 Å². The molecule has 1 aromatic carbocycles. The van der Waals surface area contributed by atoms with Crippen LogP contribution in [-0.4, -0.2) is 20.5 Å². The molecule has 0 aliphatic heterocycles. The fraction of sp³-hybridized carbons (Fsp3) is 0.400. The topological polar surface area (TPSA) is 72.2 Å². The SMILES string of the molecule is NC1CC(NS(=O)(=O)c2cc(Cl)ccc2F)C1. The van der Waals surface area contributed by atoms with E-state index in [1.807, 2.05) is 0 Å². The van der Waals surface area contributed by atoms with E-state index in [0.29, 0.717) is 12.8 Å². The fourth-order valence-corrected chi connectivity index (χ4v) is 3.33. The Morgan fingerprint density at radius 3 is 2.65 bits per heavy atom. The molecule has 0 bridgehead atoms. The van der Waals surface area contributed by atoms with Crippen molar-refractivity contribution in [1.29, 1.82) is 0 Å². The Kier molecular flexibility index (Phi) is 3.40. The Balaban J connectivity index is 2.22. The second-order valence-electron chi connectivity index (χ2n) is 4.12. The summed E-state index contributed by atoms with van der Waals surface area (Å²) < 4.78 is 39.5. The molecule has 0 heterocycles. The summed E-state index contributed by atoms with van der Waals surface area (Å²) in [4.78, 5) is -0.425. The van der Waals surface area contributed by atoms with Crippen molar-refractivity contribution in [1.82, 2.24) is 4.72 Å². The van der Waals surface area contributed by atoms with E-state index >= 15 is 0 Å². The van der Waals surface area contributed by atoms with Crippen LogP contribution in [0.15, 0.2) is 23.1 Å². The van der Waals surface area contributed by atoms with Crippen LogP contribution in [0.25, 0.3) is 0 Å². The molecular weight excluding hydrogens is 267 g/mol. The third-order valence-electron chi connectivity index (χ3n) is 2.68. The van der Waals surface area contributed by atoms with Crippen LogP contribution in [0.1, 0.15) is 12.8 Å². The average Bonchev–Trinajstić information content (AvgIpc) is 2.19. The van der Waals surface area contributed by atoms with Gasteiger partial charge in [0.25, 0.3) is 0 Å². The minimum atomic E-state index is -3.86. The van der Waals surface area contributed by atoms with Crippen molar-refractivity contribution >= 4 is 21.6 Å². The normalized spacial score (nSPS) is 24.4. The highest BCUT2D eigenvalue weighted by Gasteiger charge is 2.31. The summed E-state index contributed by atoms with van der Waals surface area (Å²) >= 11 is 5.65. The molecule has 1 aliphatic carbocycles. The highest BCUT2D eigenvalue weighted by atomic mass is 35.5. The molecule has 0 saturated heterocycles. The molecule has 0 unspecified atom stereocenters. The quantitative estimate of drug-likeness (QED) is 0.874. The summed E-state index contributed by atoms with van der Waals surface area (Å²) in [5.41, 5.74) is 5.55. The van der Waals surface area contributed by atoms with Gasteiger partial charge in [-0.25, -0.2) is 17.5 Å². The van der Waals surface area contributed by atoms with Gasteiger partial charge < -0.3 is 5.73 Å². The first-order valence-electron chi connectivity index (χ1n) is 5.11. The van der Waals surface area contributed by atoms with Crippen molar-refractivity contribution in [3.8, 4) is 0 Å². The molecule has 0 aromatic heterocycles. The Hall–Kier alpha value is -0.690. The Labute approximate surface area is 104 Å². The number of benzene rings is 1. The van der Waals surface area contributed by atoms with Gasteiger partial charge in [0.1, 0.15) is 10.7 Å². The summed E-state index contributed by atoms with van der Waals surface area (Å²) in [6.45, 7) is 0. The number of rotatable bonds is 3. The lowest BCUT2D eigenvalue weighted by atomic mass is 9.89. The van der Waals surface area contributed by atoms with Gasteiger partial charge in [0.05, 0.1) is 0 Å². The number of hydrogen-bond acceptors (Lipinski definition) is 3. The predicted molar refractivity (Wildman–Crippen MR) is 62.7 cm³/mol. The first-order chi connectivity index (χ1) is 7.88. The van der Waals surface area contributed by atoms with Crippen molar-refractivity contribution in [2.24, 2.45) is 5.73 Å². The first kappa shape index (κ1) is 12.8. The maximum absolute atomic E-state index is 13.4. The Morgan fingerprint density at radius 2 is 2.06 bits per heavy atom. The highest BCUT2D eigenvalue weighted by molar-refractivity contribution is 7.89. The molecule has 1 saturated carbocycles. The molecule has 7 heteroatoms. The molecule has 17 heavy (non-hydrogen) atoms. The van der Waals surface area contributed by atoms with Crippen LogP contribution in [0.2, 0.25) is 5.02 Å². The summed E-state index contributed by atoms with van der Waals surface area (Å²) in [7, 11) is -3.86. The molecule has 94 valence electrons. The molecule has 1 aliphatic rings. The lowest BCUT2D eigenvalue weighted by molar-refractivity contribution is 0.326. The minimum absolute atomic E-state index is 0.0203. The molecule has 2 rings (SSSR count). The van der Waals surface area contributed by atoms with Crippen LogP contribution in [0, 0.1) is 5.82 Å². The second-order valence-corrected chi connectivity index (χ2v) is 6.24. The number of hydrogen-bond donors (Lipinski definition) is 2. The van der Waals surface area contributed by atoms with E-state index in [2.05, 4.69) is 4.72 Å². The molecule has 0 radical (unpaired) electrons. The lowest BCUT2D eigenvalue weighted by Crippen LogP contribution is -2.50. The largest absolute Gasteiger partial charge is 0.328 e. The van der Waals surface area contributed by atoms with Crippen LogP contribution < -0.4 is 10.5 Å². The van der Waals surface area contributed by atoms with E-state index in [4.69, 9.17) is 17.3 Å². The van der Waals surface area contributed by atoms with Crippen molar-refractivity contribution in [2.75, 3.05) is 0 Å². The number of halogens is 2. The van der Waals surface area contributed by atoms with E-state index in [-0.39, 0.29) is 17.1 Å². The van der Waals surface area contributed by atoms with E-state index < -0.39 is 20.7 Å². The summed E-state index contributed by atoms with van der Waals surface area (Å²) in [6, 6.07) is 3.23. The third kappa shape index (κ3) is 2.77. The molecule has 0 amide bonds. The maximum atomic E-state index is 13.4. The van der Waals surface area contributed by atoms with E-state index in [9.17, 15) is 12.8 Å². The number of sulfonamides is 1. The summed E-state index contributed by atoms with van der Waals surface area (Å²) in [5.74, 6) is -0.814. The van der Waals surface area contributed by atoms with Crippen molar-refractivity contribution in [3.63, 3.8) is 0 Å². The van der Waals surface area contributed by atoms with Gasteiger partial charge in [-0.3, -0.25) is 0 Å². The average molecular weight is 279 g/mol. The van der Waals surface area contributed by atoms with Crippen molar-refractivity contribution < 1.29 is 12.8 Å². The minimum Gasteiger partial charge on any atom is -0.328 e. The summed E-state index contributed by atoms with van der Waals surface area (Å²) in [6.07, 6.45) is 1.14. The molecular formula is C10H12ClFN2O2S. The van der Waals surface area contributed by atoms with Crippen LogP contribution in [0.3, 0.4) is 0 Å². The van der Waals surface area contributed by atoms with Gasteiger partial charge in [0.15, 0.2) is 0 Å². The van der Waals surface area contributed by atoms with E-state index in [1.54, 1.807) is 0 Å². The maximum Gasteiger partial charge on any atom is 0.243 e. The highest BCUT2D eigenvalue weighted by Crippen LogP contribution is 2.23. The zero-order valence-corrected chi connectivity index (χ0v) is 10.4. The predicted octanol–water partition coefficient (Wildman–Crippen LogP) is 1.25. The van der Waals surface area contributed by atoms with Gasteiger partial charge >= 0.3 is 0 Å². The molecule has 1 fully saturated rings. The monoisotopic (exact) mass is 278 g/mol.